The van der Waals surface area contributed by atoms with Crippen LogP contribution in [-0.4, -0.2) is 28.1 Å². The van der Waals surface area contributed by atoms with E-state index in [1.54, 1.807) is 0 Å². The Balaban J connectivity index is 3.56. The molecule has 4 N–H and O–H groups in total. The second kappa shape index (κ2) is 2.57. The first-order chi connectivity index (χ1) is 3.42. The number of hydrogen-bond donors (Lipinski definition) is 3. The van der Waals surface area contributed by atoms with Crippen LogP contribution in [0.2, 0.25) is 0 Å². The lowest BCUT2D eigenvalue weighted by Gasteiger charge is -2.09. The molecule has 0 heterocycles. The van der Waals surface area contributed by atoms with Crippen molar-refractivity contribution in [1.29, 1.82) is 0 Å². The molecule has 0 aromatic carbocycles. The van der Waals surface area contributed by atoms with Gasteiger partial charge in [-0.3, -0.25) is 10.4 Å². The second-order valence-electron chi connectivity index (χ2n) is 1.56. The fraction of sp³-hybridized carbons (Fsp3) is 1.00. The van der Waals surface area contributed by atoms with Gasteiger partial charge in [-0.1, -0.05) is 0 Å². The average Bonchev–Trinajstić information content (AvgIpc) is 1.21. The molecule has 0 bridgehead atoms. The number of hydrazine groups is 1. The van der Waals surface area contributed by atoms with Crippen molar-refractivity contribution in [2.75, 3.05) is 13.3 Å². The molecule has 0 saturated heterocycles. The van der Waals surface area contributed by atoms with Crippen molar-refractivity contribution >= 4 is 7.60 Å². The van der Waals surface area contributed by atoms with Crippen LogP contribution >= 0.6 is 7.60 Å². The van der Waals surface area contributed by atoms with Crippen LogP contribution in [0.4, 0.5) is 0 Å². The molecular formula is C2H9N2O3P. The summed E-state index contributed by atoms with van der Waals surface area (Å²) in [6.07, 6.45) is -0.396. The van der Waals surface area contributed by atoms with Gasteiger partial charge in [0.25, 0.3) is 0 Å². The molecule has 0 spiro atoms. The number of hydrogen-bond acceptors (Lipinski definition) is 3. The van der Waals surface area contributed by atoms with E-state index in [2.05, 4.69) is 0 Å². The number of nitrogens with zero attached hydrogens (tertiary/aromatic N) is 1. The molecule has 0 aliphatic heterocycles. The molecule has 6 heteroatoms. The molecule has 0 aromatic rings. The van der Waals surface area contributed by atoms with E-state index in [0.717, 1.165) is 5.01 Å². The van der Waals surface area contributed by atoms with Gasteiger partial charge >= 0.3 is 7.60 Å². The molecular weight excluding hydrogens is 131 g/mol. The summed E-state index contributed by atoms with van der Waals surface area (Å²) in [7, 11) is -2.53. The van der Waals surface area contributed by atoms with Gasteiger partial charge in [-0.2, -0.15) is 0 Å². The molecule has 5 nitrogen and oxygen atoms in total. The Morgan fingerprint density at radius 3 is 2.12 bits per heavy atom. The summed E-state index contributed by atoms with van der Waals surface area (Å²) in [4.78, 5) is 16.4. The van der Waals surface area contributed by atoms with E-state index in [4.69, 9.17) is 15.6 Å². The van der Waals surface area contributed by atoms with E-state index < -0.39 is 13.9 Å². The smallest absolute Gasteiger partial charge is 0.323 e. The van der Waals surface area contributed by atoms with Crippen LogP contribution < -0.4 is 5.84 Å². The maximum absolute atomic E-state index is 10.0. The van der Waals surface area contributed by atoms with E-state index in [1.807, 2.05) is 0 Å². The lowest BCUT2D eigenvalue weighted by atomic mass is 11.2. The maximum Gasteiger partial charge on any atom is 0.340 e. The maximum atomic E-state index is 10.0. The fourth-order valence-electron chi connectivity index (χ4n) is 0.291. The van der Waals surface area contributed by atoms with Crippen LogP contribution in [0.1, 0.15) is 0 Å². The van der Waals surface area contributed by atoms with E-state index in [-0.39, 0.29) is 0 Å². The minimum absolute atomic E-state index is 0.396. The summed E-state index contributed by atoms with van der Waals surface area (Å²) >= 11 is 0. The van der Waals surface area contributed by atoms with Gasteiger partial charge < -0.3 is 9.79 Å². The third-order valence-electron chi connectivity index (χ3n) is 0.407. The van der Waals surface area contributed by atoms with E-state index in [0.29, 0.717) is 0 Å². The van der Waals surface area contributed by atoms with Crippen LogP contribution in [-0.2, 0) is 4.57 Å². The Morgan fingerprint density at radius 2 is 2.12 bits per heavy atom. The molecule has 0 aliphatic rings. The highest BCUT2D eigenvalue weighted by Crippen LogP contribution is 2.33. The third kappa shape index (κ3) is 6.07. The van der Waals surface area contributed by atoms with Gasteiger partial charge in [0.05, 0.1) is 0 Å². The minimum atomic E-state index is -3.92. The van der Waals surface area contributed by atoms with Crippen molar-refractivity contribution in [3.63, 3.8) is 0 Å². The zero-order valence-electron chi connectivity index (χ0n) is 4.48. The third-order valence-corrected chi connectivity index (χ3v) is 1.22. The summed E-state index contributed by atoms with van der Waals surface area (Å²) in [5, 5.41) is 0.945. The lowest BCUT2D eigenvalue weighted by Crippen LogP contribution is -2.26. The Kier molecular flexibility index (Phi) is 2.59. The fourth-order valence-corrected chi connectivity index (χ4v) is 0.872. The van der Waals surface area contributed by atoms with Crippen molar-refractivity contribution in [2.24, 2.45) is 5.84 Å². The van der Waals surface area contributed by atoms with Crippen LogP contribution in [0.5, 0.6) is 0 Å². The molecule has 0 fully saturated rings. The molecule has 0 aliphatic carbocycles. The Labute approximate surface area is 47.2 Å². The lowest BCUT2D eigenvalue weighted by molar-refractivity contribution is 0.319. The van der Waals surface area contributed by atoms with Crippen molar-refractivity contribution in [2.45, 2.75) is 0 Å². The largest absolute Gasteiger partial charge is 0.340 e. The minimum Gasteiger partial charge on any atom is -0.323 e. The van der Waals surface area contributed by atoms with Gasteiger partial charge in [0.15, 0.2) is 0 Å². The van der Waals surface area contributed by atoms with Gasteiger partial charge in [0.1, 0.15) is 6.29 Å². The van der Waals surface area contributed by atoms with Gasteiger partial charge in [0.2, 0.25) is 0 Å². The van der Waals surface area contributed by atoms with Gasteiger partial charge in [-0.15, -0.1) is 0 Å². The molecule has 0 saturated carbocycles. The van der Waals surface area contributed by atoms with Crippen LogP contribution in [0.3, 0.4) is 0 Å². The summed E-state index contributed by atoms with van der Waals surface area (Å²) in [6.45, 7) is 0. The standard InChI is InChI=1S/C2H9N2O3P/c1-4(3)2-8(5,6)7/h2-3H2,1H3,(H2,5,6,7). The normalized spacial score (nSPS) is 12.6. The van der Waals surface area contributed by atoms with Crippen molar-refractivity contribution in [1.82, 2.24) is 5.01 Å². The Morgan fingerprint density at radius 1 is 1.75 bits per heavy atom. The molecule has 8 heavy (non-hydrogen) atoms. The van der Waals surface area contributed by atoms with E-state index in [1.165, 1.54) is 7.05 Å². The van der Waals surface area contributed by atoms with E-state index in [9.17, 15) is 4.57 Å². The van der Waals surface area contributed by atoms with Crippen molar-refractivity contribution in [3.05, 3.63) is 0 Å². The highest BCUT2D eigenvalue weighted by Gasteiger charge is 2.12. The second-order valence-corrected chi connectivity index (χ2v) is 3.18. The molecule has 0 aromatic heterocycles. The van der Waals surface area contributed by atoms with Gasteiger partial charge in [-0.25, -0.2) is 5.01 Å². The number of rotatable bonds is 2. The quantitative estimate of drug-likeness (QED) is 0.258. The monoisotopic (exact) mass is 140 g/mol. The summed E-state index contributed by atoms with van der Waals surface area (Å²) in [5.74, 6) is 4.92. The molecule has 0 rings (SSSR count). The van der Waals surface area contributed by atoms with Gasteiger partial charge in [-0.05, 0) is 0 Å². The zero-order valence-corrected chi connectivity index (χ0v) is 5.38. The average molecular weight is 140 g/mol. The van der Waals surface area contributed by atoms with E-state index >= 15 is 0 Å². The topological polar surface area (TPSA) is 86.8 Å². The molecule has 0 atom stereocenters. The van der Waals surface area contributed by atoms with Crippen LogP contribution in [0, 0.1) is 0 Å². The molecule has 0 amide bonds. The Bertz CT molecular complexity index is 108. The molecule has 0 radical (unpaired) electrons. The van der Waals surface area contributed by atoms with Crippen LogP contribution in [0.25, 0.3) is 0 Å². The Hall–Kier alpha value is 0.0700. The predicted octanol–water partition coefficient (Wildman–Crippen LogP) is -1.07. The first kappa shape index (κ1) is 8.07. The summed E-state index contributed by atoms with van der Waals surface area (Å²) in [6, 6.07) is 0. The first-order valence-corrected chi connectivity index (χ1v) is 3.72. The summed E-state index contributed by atoms with van der Waals surface area (Å²) in [5.41, 5.74) is 0. The SMILES string of the molecule is CN(N)CP(=O)(O)O. The molecule has 0 unspecified atom stereocenters. The first-order valence-electron chi connectivity index (χ1n) is 1.92. The highest BCUT2D eigenvalue weighted by molar-refractivity contribution is 7.51. The van der Waals surface area contributed by atoms with Crippen molar-refractivity contribution in [3.8, 4) is 0 Å². The summed E-state index contributed by atoms with van der Waals surface area (Å²) < 4.78 is 10.0. The van der Waals surface area contributed by atoms with Crippen LogP contribution in [0.15, 0.2) is 0 Å². The zero-order chi connectivity index (χ0) is 6.78. The highest BCUT2D eigenvalue weighted by atomic mass is 31.2. The van der Waals surface area contributed by atoms with Gasteiger partial charge in [0, 0.05) is 7.05 Å². The predicted molar refractivity (Wildman–Crippen MR) is 28.9 cm³/mol. The number of nitrogens with two attached hydrogens (primary N) is 1. The molecule has 50 valence electrons. The van der Waals surface area contributed by atoms with Crippen molar-refractivity contribution < 1.29 is 14.4 Å².